The van der Waals surface area contributed by atoms with Crippen LogP contribution in [-0.2, 0) is 24.2 Å². The van der Waals surface area contributed by atoms with Crippen LogP contribution in [0, 0.1) is 6.92 Å². The van der Waals surface area contributed by atoms with Crippen molar-refractivity contribution < 1.29 is 13.7 Å². The molecule has 1 aliphatic heterocycles. The fourth-order valence-corrected chi connectivity index (χ4v) is 3.09. The Hall–Kier alpha value is -2.90. The fraction of sp³-hybridized carbons (Fsp3) is 0.412. The first kappa shape index (κ1) is 15.6. The molecule has 1 aliphatic rings. The monoisotopic (exact) mass is 341 g/mol. The summed E-state index contributed by atoms with van der Waals surface area (Å²) >= 11 is 0. The van der Waals surface area contributed by atoms with E-state index in [0.29, 0.717) is 30.3 Å². The second-order valence-electron chi connectivity index (χ2n) is 6.24. The number of nitrogens with one attached hydrogen (secondary N) is 1. The third-order valence-electron chi connectivity index (χ3n) is 4.25. The molecule has 8 nitrogen and oxygen atoms in total. The molecule has 0 aliphatic carbocycles. The Morgan fingerprint density at radius 1 is 1.44 bits per heavy atom. The Morgan fingerprint density at radius 3 is 3.20 bits per heavy atom. The average Bonchev–Trinajstić information content (AvgIpc) is 3.32. The second-order valence-corrected chi connectivity index (χ2v) is 6.24. The summed E-state index contributed by atoms with van der Waals surface area (Å²) in [5, 5.41) is 6.94. The maximum atomic E-state index is 12.2. The Labute approximate surface area is 144 Å². The van der Waals surface area contributed by atoms with Crippen LogP contribution in [0.5, 0.6) is 0 Å². The number of carbonyl (C=O) groups excluding carboxylic acids is 1. The molecular weight excluding hydrogens is 322 g/mol. The van der Waals surface area contributed by atoms with Crippen LogP contribution in [0.25, 0.3) is 11.6 Å². The van der Waals surface area contributed by atoms with E-state index in [9.17, 15) is 4.79 Å². The van der Waals surface area contributed by atoms with Gasteiger partial charge in [-0.1, -0.05) is 5.16 Å². The molecule has 0 saturated carbocycles. The summed E-state index contributed by atoms with van der Waals surface area (Å²) in [5.41, 5.74) is 1.02. The maximum absolute atomic E-state index is 12.2. The number of hydrogen-bond donors (Lipinski definition) is 1. The topological polar surface area (TPSA) is 99.0 Å². The Kier molecular flexibility index (Phi) is 4.09. The van der Waals surface area contributed by atoms with E-state index in [1.54, 1.807) is 18.4 Å². The van der Waals surface area contributed by atoms with E-state index >= 15 is 0 Å². The summed E-state index contributed by atoms with van der Waals surface area (Å²) in [5.74, 6) is 2.46. The number of fused-ring (bicyclic) bond motifs is 1. The van der Waals surface area contributed by atoms with Crippen LogP contribution in [0.4, 0.5) is 0 Å². The molecule has 1 N–H and O–H groups in total. The number of imidazole rings is 1. The van der Waals surface area contributed by atoms with Crippen molar-refractivity contribution in [2.45, 2.75) is 45.2 Å². The molecule has 8 heteroatoms. The number of rotatable bonds is 5. The highest BCUT2D eigenvalue weighted by Gasteiger charge is 2.21. The Balaban J connectivity index is 1.28. The van der Waals surface area contributed by atoms with Gasteiger partial charge in [0.15, 0.2) is 5.76 Å². The zero-order valence-corrected chi connectivity index (χ0v) is 13.9. The SMILES string of the molecule is Cc1cn2c(n1)CC[C@@H](NC(=O)CCc1nc(-c3ccco3)no1)C2. The van der Waals surface area contributed by atoms with E-state index in [-0.39, 0.29) is 11.9 Å². The molecular formula is C17H19N5O3. The van der Waals surface area contributed by atoms with Crippen molar-refractivity contribution in [1.29, 1.82) is 0 Å². The fourth-order valence-electron chi connectivity index (χ4n) is 3.09. The maximum Gasteiger partial charge on any atom is 0.238 e. The third-order valence-corrected chi connectivity index (χ3v) is 4.25. The number of aromatic nitrogens is 4. The highest BCUT2D eigenvalue weighted by Crippen LogP contribution is 2.17. The van der Waals surface area contributed by atoms with Gasteiger partial charge in [-0.2, -0.15) is 4.98 Å². The lowest BCUT2D eigenvalue weighted by Crippen LogP contribution is -2.41. The molecule has 25 heavy (non-hydrogen) atoms. The van der Waals surface area contributed by atoms with Crippen molar-refractivity contribution in [3.8, 4) is 11.6 Å². The largest absolute Gasteiger partial charge is 0.461 e. The van der Waals surface area contributed by atoms with Crippen molar-refractivity contribution in [1.82, 2.24) is 25.0 Å². The van der Waals surface area contributed by atoms with Crippen molar-refractivity contribution in [2.75, 3.05) is 0 Å². The van der Waals surface area contributed by atoms with Crippen LogP contribution in [-0.4, -0.2) is 31.6 Å². The van der Waals surface area contributed by atoms with Crippen LogP contribution in [0.2, 0.25) is 0 Å². The highest BCUT2D eigenvalue weighted by molar-refractivity contribution is 5.76. The van der Waals surface area contributed by atoms with E-state index in [2.05, 4.69) is 25.0 Å². The molecule has 3 aromatic rings. The zero-order valence-electron chi connectivity index (χ0n) is 13.9. The Morgan fingerprint density at radius 2 is 2.36 bits per heavy atom. The van der Waals surface area contributed by atoms with Gasteiger partial charge in [-0.25, -0.2) is 4.98 Å². The molecule has 0 bridgehead atoms. The van der Waals surface area contributed by atoms with Gasteiger partial charge >= 0.3 is 0 Å². The average molecular weight is 341 g/mol. The van der Waals surface area contributed by atoms with Crippen molar-refractivity contribution in [3.63, 3.8) is 0 Å². The van der Waals surface area contributed by atoms with Gasteiger partial charge in [0.1, 0.15) is 5.82 Å². The smallest absolute Gasteiger partial charge is 0.238 e. The van der Waals surface area contributed by atoms with Crippen molar-refractivity contribution in [3.05, 3.63) is 42.0 Å². The summed E-state index contributed by atoms with van der Waals surface area (Å²) in [4.78, 5) is 20.9. The summed E-state index contributed by atoms with van der Waals surface area (Å²) in [6.45, 7) is 2.76. The van der Waals surface area contributed by atoms with Gasteiger partial charge in [0.05, 0.1) is 12.0 Å². The normalized spacial score (nSPS) is 16.6. The molecule has 0 spiro atoms. The van der Waals surface area contributed by atoms with Gasteiger partial charge in [0.25, 0.3) is 0 Å². The lowest BCUT2D eigenvalue weighted by Gasteiger charge is -2.24. The summed E-state index contributed by atoms with van der Waals surface area (Å²) < 4.78 is 12.5. The molecule has 4 heterocycles. The molecule has 3 aromatic heterocycles. The predicted molar refractivity (Wildman–Crippen MR) is 87.5 cm³/mol. The van der Waals surface area contributed by atoms with Crippen LogP contribution >= 0.6 is 0 Å². The van der Waals surface area contributed by atoms with Crippen LogP contribution < -0.4 is 5.32 Å². The highest BCUT2D eigenvalue weighted by atomic mass is 16.5. The number of hydrogen-bond acceptors (Lipinski definition) is 6. The number of amides is 1. The van der Waals surface area contributed by atoms with Crippen LogP contribution in [0.15, 0.2) is 33.5 Å². The minimum atomic E-state index is -0.0111. The standard InChI is InChI=1S/C17H19N5O3/c1-11-9-22-10-12(4-5-14(22)18-11)19-15(23)6-7-16-20-17(21-25-16)13-3-2-8-24-13/h2-3,8-9,12H,4-7,10H2,1H3,(H,19,23)/t12-/m1/s1. The quantitative estimate of drug-likeness (QED) is 0.761. The lowest BCUT2D eigenvalue weighted by molar-refractivity contribution is -0.122. The van der Waals surface area contributed by atoms with Crippen LogP contribution in [0.3, 0.4) is 0 Å². The van der Waals surface area contributed by atoms with E-state index in [1.807, 2.05) is 13.1 Å². The minimum absolute atomic E-state index is 0.0111. The number of carbonyl (C=O) groups is 1. The van der Waals surface area contributed by atoms with Gasteiger partial charge in [-0.05, 0) is 25.5 Å². The van der Waals surface area contributed by atoms with Gasteiger partial charge in [-0.3, -0.25) is 4.79 Å². The first-order valence-electron chi connectivity index (χ1n) is 8.36. The van der Waals surface area contributed by atoms with E-state index in [1.165, 1.54) is 0 Å². The Bertz CT molecular complexity index is 865. The van der Waals surface area contributed by atoms with Gasteiger partial charge in [-0.15, -0.1) is 0 Å². The van der Waals surface area contributed by atoms with E-state index in [0.717, 1.165) is 30.9 Å². The lowest BCUT2D eigenvalue weighted by atomic mass is 10.1. The molecule has 0 aromatic carbocycles. The molecule has 1 amide bonds. The van der Waals surface area contributed by atoms with Crippen LogP contribution in [0.1, 0.15) is 30.3 Å². The predicted octanol–water partition coefficient (Wildman–Crippen LogP) is 1.90. The molecule has 1 atom stereocenters. The first-order valence-corrected chi connectivity index (χ1v) is 8.36. The van der Waals surface area contributed by atoms with E-state index in [4.69, 9.17) is 8.94 Å². The van der Waals surface area contributed by atoms with Gasteiger partial charge in [0, 0.05) is 38.0 Å². The second kappa shape index (κ2) is 6.54. The number of nitrogens with zero attached hydrogens (tertiary/aromatic N) is 4. The van der Waals surface area contributed by atoms with Crippen molar-refractivity contribution >= 4 is 5.91 Å². The molecule has 4 rings (SSSR count). The minimum Gasteiger partial charge on any atom is -0.461 e. The molecule has 0 radical (unpaired) electrons. The summed E-state index contributed by atoms with van der Waals surface area (Å²) in [6, 6.07) is 3.65. The molecule has 130 valence electrons. The number of furan rings is 1. The summed E-state index contributed by atoms with van der Waals surface area (Å²) in [7, 11) is 0. The van der Waals surface area contributed by atoms with Crippen molar-refractivity contribution in [2.24, 2.45) is 0 Å². The van der Waals surface area contributed by atoms with Gasteiger partial charge in [0.2, 0.25) is 17.6 Å². The molecule has 0 fully saturated rings. The van der Waals surface area contributed by atoms with Gasteiger partial charge < -0.3 is 18.8 Å². The summed E-state index contributed by atoms with van der Waals surface area (Å²) in [6.07, 6.45) is 6.09. The third kappa shape index (κ3) is 3.47. The zero-order chi connectivity index (χ0) is 17.2. The van der Waals surface area contributed by atoms with E-state index < -0.39 is 0 Å². The molecule has 0 saturated heterocycles. The molecule has 0 unspecified atom stereocenters. The first-order chi connectivity index (χ1) is 12.2. The number of aryl methyl sites for hydroxylation is 3.